The quantitative estimate of drug-likeness (QED) is 0.0922. The van der Waals surface area contributed by atoms with Crippen LogP contribution in [0.2, 0.25) is 0 Å². The summed E-state index contributed by atoms with van der Waals surface area (Å²) < 4.78 is 47.7. The van der Waals surface area contributed by atoms with Gasteiger partial charge in [-0.1, -0.05) is 0 Å². The normalized spacial score (nSPS) is 14.0. The molecule has 0 bridgehead atoms. The number of carbonyl (C=O) groups is 3. The molecule has 218 valence electrons. The van der Waals surface area contributed by atoms with Crippen LogP contribution in [0, 0.1) is 0 Å². The average molecular weight is 653 g/mol. The first-order valence-electron chi connectivity index (χ1n) is 11.0. The molecule has 2 atom stereocenters. The molecule has 0 aromatic heterocycles. The molecule has 0 radical (unpaired) electrons. The molecule has 0 saturated heterocycles. The summed E-state index contributed by atoms with van der Waals surface area (Å²) in [6.07, 6.45) is -0.595. The van der Waals surface area contributed by atoms with Crippen LogP contribution in [0.4, 0.5) is 0 Å². The topological polar surface area (TPSA) is 202 Å². The number of hydrogen-bond acceptors (Lipinski definition) is 8. The molecular formula is C18H34Cl4N5O8PS. The third-order valence-corrected chi connectivity index (χ3v) is 9.89. The van der Waals surface area contributed by atoms with Gasteiger partial charge in [-0.15, -0.1) is 46.4 Å². The van der Waals surface area contributed by atoms with E-state index in [-0.39, 0.29) is 62.5 Å². The number of nitrogens with zero attached hydrogens (tertiary/aromatic N) is 2. The zero-order valence-corrected chi connectivity index (χ0v) is 24.8. The van der Waals surface area contributed by atoms with Crippen LogP contribution in [0.3, 0.4) is 0 Å². The predicted molar refractivity (Wildman–Crippen MR) is 144 cm³/mol. The summed E-state index contributed by atoms with van der Waals surface area (Å²) in [5.41, 5.74) is 10.6. The van der Waals surface area contributed by atoms with Crippen LogP contribution in [0.5, 0.6) is 0 Å². The standard InChI is InChI=1S/C18H34Cl4N5O8PS/c19-3-7-26(8-4-20)36(32,27(9-5-21)10-6-22)35-11-12-37(33,34)13-15(17(24)29)25-16(28)2-1-14(23)18(30)31/h14-15H,1-13,23H2,(H2,24,29)(H,25,28)(H,30,31)/t14-,15-/m0/s1. The molecule has 0 aromatic rings. The molecule has 6 N–H and O–H groups in total. The Morgan fingerprint density at radius 2 is 1.43 bits per heavy atom. The van der Waals surface area contributed by atoms with Crippen molar-refractivity contribution < 1.29 is 37.0 Å². The second kappa shape index (κ2) is 18.8. The van der Waals surface area contributed by atoms with Crippen LogP contribution < -0.4 is 16.8 Å². The van der Waals surface area contributed by atoms with Gasteiger partial charge in [-0.3, -0.25) is 18.9 Å². The van der Waals surface area contributed by atoms with Gasteiger partial charge in [-0.25, -0.2) is 17.8 Å². The molecule has 0 aliphatic heterocycles. The molecular weight excluding hydrogens is 619 g/mol. The van der Waals surface area contributed by atoms with E-state index in [0.29, 0.717) is 0 Å². The molecule has 2 amide bonds. The van der Waals surface area contributed by atoms with E-state index in [1.165, 1.54) is 9.34 Å². The number of primary amides is 1. The largest absolute Gasteiger partial charge is 0.480 e. The van der Waals surface area contributed by atoms with E-state index in [1.54, 1.807) is 0 Å². The van der Waals surface area contributed by atoms with Gasteiger partial charge in [-0.05, 0) is 6.42 Å². The van der Waals surface area contributed by atoms with Crippen LogP contribution in [0.1, 0.15) is 12.8 Å². The number of hydrogen-bond donors (Lipinski definition) is 4. The second-order valence-electron chi connectivity index (χ2n) is 7.61. The Morgan fingerprint density at radius 3 is 1.81 bits per heavy atom. The maximum Gasteiger partial charge on any atom is 0.346 e. The fourth-order valence-electron chi connectivity index (χ4n) is 2.95. The van der Waals surface area contributed by atoms with E-state index < -0.39 is 65.5 Å². The number of aliphatic carboxylic acids is 1. The molecule has 0 aliphatic rings. The molecule has 13 nitrogen and oxygen atoms in total. The summed E-state index contributed by atoms with van der Waals surface area (Å²) in [6.45, 7) is -0.0303. The van der Waals surface area contributed by atoms with Crippen molar-refractivity contribution in [3.63, 3.8) is 0 Å². The Morgan fingerprint density at radius 1 is 0.973 bits per heavy atom. The van der Waals surface area contributed by atoms with Gasteiger partial charge in [0.1, 0.15) is 12.1 Å². The van der Waals surface area contributed by atoms with Crippen LogP contribution in [-0.2, 0) is 33.3 Å². The SMILES string of the molecule is NC(=O)[C@H](CS(=O)(=O)CCOP(=O)(N(CCCl)CCCl)N(CCCl)CCCl)NC(=O)CC[C@H](N)C(=O)O. The molecule has 0 saturated carbocycles. The van der Waals surface area contributed by atoms with E-state index in [2.05, 4.69) is 5.32 Å². The summed E-state index contributed by atoms with van der Waals surface area (Å²) in [6, 6.07) is -2.89. The van der Waals surface area contributed by atoms with Crippen LogP contribution >= 0.6 is 54.1 Å². The van der Waals surface area contributed by atoms with Crippen LogP contribution in [-0.4, -0.2) is 121 Å². The second-order valence-corrected chi connectivity index (χ2v) is 13.7. The number of rotatable bonds is 22. The number of amides is 2. The van der Waals surface area contributed by atoms with Crippen molar-refractivity contribution >= 4 is 81.7 Å². The maximum absolute atomic E-state index is 13.9. The van der Waals surface area contributed by atoms with E-state index in [1.807, 2.05) is 0 Å². The van der Waals surface area contributed by atoms with Gasteiger partial charge in [0.15, 0.2) is 9.84 Å². The Kier molecular flexibility index (Phi) is 18.6. The molecule has 19 heteroatoms. The number of nitrogens with two attached hydrogens (primary N) is 2. The molecule has 0 spiro atoms. The van der Waals surface area contributed by atoms with Crippen molar-refractivity contribution in [1.29, 1.82) is 0 Å². The molecule has 0 rings (SSSR count). The number of alkyl halides is 4. The predicted octanol–water partition coefficient (Wildman–Crippen LogP) is 0.247. The highest BCUT2D eigenvalue weighted by Gasteiger charge is 2.38. The lowest BCUT2D eigenvalue weighted by molar-refractivity contribution is -0.138. The fraction of sp³-hybridized carbons (Fsp3) is 0.833. The van der Waals surface area contributed by atoms with E-state index in [4.69, 9.17) is 67.5 Å². The zero-order chi connectivity index (χ0) is 28.6. The van der Waals surface area contributed by atoms with E-state index in [0.717, 1.165) is 0 Å². The van der Waals surface area contributed by atoms with Crippen molar-refractivity contribution in [2.75, 3.05) is 67.8 Å². The number of nitrogens with one attached hydrogen (secondary N) is 1. The third-order valence-electron chi connectivity index (χ3n) is 4.84. The highest BCUT2D eigenvalue weighted by Crippen LogP contribution is 2.54. The number of sulfone groups is 1. The van der Waals surface area contributed by atoms with Gasteiger partial charge in [0.25, 0.3) is 0 Å². The molecule has 0 aromatic carbocycles. The smallest absolute Gasteiger partial charge is 0.346 e. The molecule has 0 heterocycles. The number of halogens is 4. The number of carboxylic acid groups (broad SMARTS) is 1. The number of carbonyl (C=O) groups excluding carboxylic acids is 2. The van der Waals surface area contributed by atoms with Gasteiger partial charge in [0.2, 0.25) is 11.8 Å². The average Bonchev–Trinajstić information content (AvgIpc) is 2.81. The number of carboxylic acids is 1. The first-order chi connectivity index (χ1) is 17.3. The van der Waals surface area contributed by atoms with Crippen molar-refractivity contribution in [1.82, 2.24) is 14.7 Å². The maximum atomic E-state index is 13.9. The molecule has 0 unspecified atom stereocenters. The first-order valence-corrected chi connectivity index (χ1v) is 16.5. The highest BCUT2D eigenvalue weighted by atomic mass is 35.5. The third kappa shape index (κ3) is 14.0. The minimum Gasteiger partial charge on any atom is -0.480 e. The molecule has 0 fully saturated rings. The van der Waals surface area contributed by atoms with Gasteiger partial charge in [0.05, 0.1) is 18.1 Å². The van der Waals surface area contributed by atoms with E-state index in [9.17, 15) is 27.4 Å². The summed E-state index contributed by atoms with van der Waals surface area (Å²) >= 11 is 23.4. The molecule has 0 aliphatic carbocycles. The Balaban J connectivity index is 5.44. The lowest BCUT2D eigenvalue weighted by Gasteiger charge is -2.37. The highest BCUT2D eigenvalue weighted by molar-refractivity contribution is 7.91. The Labute approximate surface area is 236 Å². The monoisotopic (exact) mass is 651 g/mol. The zero-order valence-electron chi connectivity index (χ0n) is 20.1. The lowest BCUT2D eigenvalue weighted by Crippen LogP contribution is -2.49. The van der Waals surface area contributed by atoms with Crippen LogP contribution in [0.25, 0.3) is 0 Å². The van der Waals surface area contributed by atoms with Gasteiger partial charge in [0, 0.05) is 56.1 Å². The van der Waals surface area contributed by atoms with E-state index >= 15 is 0 Å². The van der Waals surface area contributed by atoms with Gasteiger partial charge >= 0.3 is 13.6 Å². The first kappa shape index (κ1) is 36.6. The Bertz CT molecular complexity index is 856. The Hall–Kier alpha value is -0.410. The molecule has 37 heavy (non-hydrogen) atoms. The summed E-state index contributed by atoms with van der Waals surface area (Å²) in [5, 5.41) is 10.9. The van der Waals surface area contributed by atoms with Crippen molar-refractivity contribution in [3.8, 4) is 0 Å². The fourth-order valence-corrected chi connectivity index (χ4v) is 8.05. The minimum atomic E-state index is -4.06. The lowest BCUT2D eigenvalue weighted by atomic mass is 10.1. The minimum absolute atomic E-state index is 0.0927. The van der Waals surface area contributed by atoms with Crippen molar-refractivity contribution in [2.24, 2.45) is 11.5 Å². The summed E-state index contributed by atoms with van der Waals surface area (Å²) in [4.78, 5) is 34.5. The van der Waals surface area contributed by atoms with Gasteiger partial charge in [-0.2, -0.15) is 0 Å². The van der Waals surface area contributed by atoms with Crippen LogP contribution in [0.15, 0.2) is 0 Å². The van der Waals surface area contributed by atoms with Gasteiger partial charge < -0.3 is 26.4 Å². The van der Waals surface area contributed by atoms with Crippen molar-refractivity contribution in [2.45, 2.75) is 24.9 Å². The van der Waals surface area contributed by atoms with Crippen molar-refractivity contribution in [3.05, 3.63) is 0 Å². The summed E-state index contributed by atoms with van der Waals surface area (Å²) in [5.74, 6) is -4.37. The summed E-state index contributed by atoms with van der Waals surface area (Å²) in [7, 11) is -7.91.